The SMILES string of the molecule is Cn1cc(CC(=O)N2CC(Cn3nc4c(cc3=O)CCCC4)C2)c2ccccc21. The minimum Gasteiger partial charge on any atom is -0.350 e. The van der Waals surface area contributed by atoms with Gasteiger partial charge in [-0.1, -0.05) is 18.2 Å². The topological polar surface area (TPSA) is 60.1 Å². The van der Waals surface area contributed by atoms with Crippen molar-refractivity contribution in [2.24, 2.45) is 13.0 Å². The molecule has 0 saturated carbocycles. The van der Waals surface area contributed by atoms with E-state index in [2.05, 4.69) is 28.0 Å². The highest BCUT2D eigenvalue weighted by atomic mass is 16.2. The molecule has 1 aliphatic carbocycles. The number of amides is 1. The number of rotatable bonds is 4. The van der Waals surface area contributed by atoms with E-state index in [1.54, 1.807) is 10.7 Å². The van der Waals surface area contributed by atoms with Crippen molar-refractivity contribution in [2.45, 2.75) is 38.6 Å². The summed E-state index contributed by atoms with van der Waals surface area (Å²) in [4.78, 5) is 27.0. The summed E-state index contributed by atoms with van der Waals surface area (Å²) in [5, 5.41) is 5.75. The van der Waals surface area contributed by atoms with Gasteiger partial charge in [-0.2, -0.15) is 5.10 Å². The maximum absolute atomic E-state index is 12.7. The summed E-state index contributed by atoms with van der Waals surface area (Å²) in [6.45, 7) is 2.01. The monoisotopic (exact) mass is 390 g/mol. The molecule has 0 atom stereocenters. The molecule has 2 aromatic heterocycles. The van der Waals surface area contributed by atoms with E-state index in [-0.39, 0.29) is 11.5 Å². The fourth-order valence-electron chi connectivity index (χ4n) is 4.71. The van der Waals surface area contributed by atoms with Crippen LogP contribution in [-0.2, 0) is 37.6 Å². The number of hydrogen-bond donors (Lipinski definition) is 0. The largest absolute Gasteiger partial charge is 0.350 e. The summed E-state index contributed by atoms with van der Waals surface area (Å²) in [5.74, 6) is 0.460. The third kappa shape index (κ3) is 3.37. The van der Waals surface area contributed by atoms with Crippen LogP contribution < -0.4 is 5.56 Å². The first-order valence-corrected chi connectivity index (χ1v) is 10.5. The summed E-state index contributed by atoms with van der Waals surface area (Å²) in [6.07, 6.45) is 6.71. The second kappa shape index (κ2) is 7.17. The Morgan fingerprint density at radius 1 is 1.17 bits per heavy atom. The fourth-order valence-corrected chi connectivity index (χ4v) is 4.71. The highest BCUT2D eigenvalue weighted by Crippen LogP contribution is 2.24. The molecule has 6 heteroatoms. The quantitative estimate of drug-likeness (QED) is 0.687. The lowest BCUT2D eigenvalue weighted by Gasteiger charge is -2.39. The van der Waals surface area contributed by atoms with Crippen molar-refractivity contribution in [1.82, 2.24) is 19.2 Å². The number of likely N-dealkylation sites (tertiary alicyclic amines) is 1. The zero-order valence-corrected chi connectivity index (χ0v) is 16.8. The van der Waals surface area contributed by atoms with E-state index in [9.17, 15) is 9.59 Å². The van der Waals surface area contributed by atoms with Crippen LogP contribution in [0.4, 0.5) is 0 Å². The number of carbonyl (C=O) groups excluding carboxylic acids is 1. The van der Waals surface area contributed by atoms with Crippen LogP contribution in [0, 0.1) is 5.92 Å². The summed E-state index contributed by atoms with van der Waals surface area (Å²) < 4.78 is 3.69. The minimum absolute atomic E-state index is 0.00816. The Bertz CT molecular complexity index is 1140. The van der Waals surface area contributed by atoms with E-state index in [1.807, 2.05) is 24.1 Å². The van der Waals surface area contributed by atoms with E-state index < -0.39 is 0 Å². The Hall–Kier alpha value is -2.89. The van der Waals surface area contributed by atoms with Gasteiger partial charge in [0.05, 0.1) is 18.7 Å². The Morgan fingerprint density at radius 2 is 1.97 bits per heavy atom. The smallest absolute Gasteiger partial charge is 0.267 e. The van der Waals surface area contributed by atoms with Crippen LogP contribution >= 0.6 is 0 Å². The van der Waals surface area contributed by atoms with Gasteiger partial charge in [0.2, 0.25) is 5.91 Å². The number of nitrogens with zero attached hydrogens (tertiary/aromatic N) is 4. The maximum Gasteiger partial charge on any atom is 0.267 e. The number of carbonyl (C=O) groups is 1. The molecule has 3 aromatic rings. The van der Waals surface area contributed by atoms with E-state index in [1.165, 1.54) is 0 Å². The fraction of sp³-hybridized carbons (Fsp3) is 0.435. The molecule has 150 valence electrons. The van der Waals surface area contributed by atoms with Crippen molar-refractivity contribution < 1.29 is 4.79 Å². The molecule has 3 heterocycles. The molecule has 0 N–H and O–H groups in total. The Balaban J connectivity index is 1.22. The third-order valence-corrected chi connectivity index (χ3v) is 6.34. The van der Waals surface area contributed by atoms with Crippen molar-refractivity contribution in [3.8, 4) is 0 Å². The molecular weight excluding hydrogens is 364 g/mol. The molecule has 0 spiro atoms. The van der Waals surface area contributed by atoms with Crippen molar-refractivity contribution in [3.05, 3.63) is 63.7 Å². The molecule has 29 heavy (non-hydrogen) atoms. The van der Waals surface area contributed by atoms with Gasteiger partial charge in [-0.05, 0) is 42.9 Å². The zero-order valence-electron chi connectivity index (χ0n) is 16.8. The van der Waals surface area contributed by atoms with Gasteiger partial charge in [-0.15, -0.1) is 0 Å². The van der Waals surface area contributed by atoms with Crippen LogP contribution in [-0.4, -0.2) is 38.2 Å². The second-order valence-corrected chi connectivity index (χ2v) is 8.47. The second-order valence-electron chi connectivity index (χ2n) is 8.47. The van der Waals surface area contributed by atoms with Crippen LogP contribution in [0.25, 0.3) is 10.9 Å². The minimum atomic E-state index is -0.00816. The van der Waals surface area contributed by atoms with Crippen LogP contribution in [0.1, 0.15) is 29.7 Å². The van der Waals surface area contributed by atoms with Crippen molar-refractivity contribution in [2.75, 3.05) is 13.1 Å². The lowest BCUT2D eigenvalue weighted by molar-refractivity contribution is -0.137. The van der Waals surface area contributed by atoms with Crippen LogP contribution in [0.2, 0.25) is 0 Å². The number of fused-ring (bicyclic) bond motifs is 2. The van der Waals surface area contributed by atoms with Gasteiger partial charge in [0, 0.05) is 49.2 Å². The maximum atomic E-state index is 12.7. The molecule has 1 amide bonds. The normalized spacial score (nSPS) is 16.7. The average molecular weight is 390 g/mol. The number of para-hydroxylation sites is 1. The number of aromatic nitrogens is 3. The first-order chi connectivity index (χ1) is 14.1. The van der Waals surface area contributed by atoms with E-state index in [0.717, 1.165) is 53.4 Å². The first-order valence-electron chi connectivity index (χ1n) is 10.5. The number of aryl methyl sites for hydroxylation is 3. The van der Waals surface area contributed by atoms with E-state index in [0.29, 0.717) is 32.0 Å². The van der Waals surface area contributed by atoms with Crippen LogP contribution in [0.15, 0.2) is 41.3 Å². The van der Waals surface area contributed by atoms with Gasteiger partial charge < -0.3 is 9.47 Å². The molecule has 1 aromatic carbocycles. The molecule has 0 bridgehead atoms. The number of hydrogen-bond acceptors (Lipinski definition) is 3. The highest BCUT2D eigenvalue weighted by molar-refractivity contribution is 5.89. The first kappa shape index (κ1) is 18.2. The van der Waals surface area contributed by atoms with E-state index >= 15 is 0 Å². The van der Waals surface area contributed by atoms with Gasteiger partial charge in [0.25, 0.3) is 5.56 Å². The predicted octanol–water partition coefficient (Wildman–Crippen LogP) is 2.31. The van der Waals surface area contributed by atoms with Gasteiger partial charge in [-0.3, -0.25) is 9.59 Å². The molecule has 0 radical (unpaired) electrons. The molecule has 0 unspecified atom stereocenters. The third-order valence-electron chi connectivity index (χ3n) is 6.34. The van der Waals surface area contributed by atoms with Crippen LogP contribution in [0.5, 0.6) is 0 Å². The molecule has 5 rings (SSSR count). The van der Waals surface area contributed by atoms with Crippen molar-refractivity contribution in [3.63, 3.8) is 0 Å². The summed E-state index contributed by atoms with van der Waals surface area (Å²) in [7, 11) is 2.01. The highest BCUT2D eigenvalue weighted by Gasteiger charge is 2.31. The van der Waals surface area contributed by atoms with Crippen molar-refractivity contribution >= 4 is 16.8 Å². The Morgan fingerprint density at radius 3 is 2.83 bits per heavy atom. The molecule has 1 aliphatic heterocycles. The molecule has 2 aliphatic rings. The molecule has 1 saturated heterocycles. The summed E-state index contributed by atoms with van der Waals surface area (Å²) in [5.41, 5.74) is 4.42. The predicted molar refractivity (Wildman–Crippen MR) is 112 cm³/mol. The summed E-state index contributed by atoms with van der Waals surface area (Å²) >= 11 is 0. The lowest BCUT2D eigenvalue weighted by atomic mass is 9.96. The van der Waals surface area contributed by atoms with Crippen LogP contribution in [0.3, 0.4) is 0 Å². The Labute approximate surface area is 169 Å². The molecule has 1 fully saturated rings. The zero-order chi connectivity index (χ0) is 20.0. The molecular formula is C23H26N4O2. The van der Waals surface area contributed by atoms with E-state index in [4.69, 9.17) is 0 Å². The summed E-state index contributed by atoms with van der Waals surface area (Å²) in [6, 6.07) is 9.95. The standard InChI is InChI=1S/C23H26N4O2/c1-25-15-18(19-7-3-5-9-21(19)25)11-22(28)26-12-16(13-26)14-27-23(29)10-17-6-2-4-8-20(17)24-27/h3,5,7,9-10,15-16H,2,4,6,8,11-14H2,1H3. The van der Waals surface area contributed by atoms with Crippen molar-refractivity contribution in [1.29, 1.82) is 0 Å². The van der Waals surface area contributed by atoms with Gasteiger partial charge >= 0.3 is 0 Å². The lowest BCUT2D eigenvalue weighted by Crippen LogP contribution is -2.52. The average Bonchev–Trinajstić information content (AvgIpc) is 3.00. The van der Waals surface area contributed by atoms with Gasteiger partial charge in [0.1, 0.15) is 0 Å². The Kier molecular flexibility index (Phi) is 4.49. The molecule has 6 nitrogen and oxygen atoms in total. The van der Waals surface area contributed by atoms with Gasteiger partial charge in [-0.25, -0.2) is 4.68 Å². The number of benzene rings is 1. The van der Waals surface area contributed by atoms with Gasteiger partial charge in [0.15, 0.2) is 0 Å².